The summed E-state index contributed by atoms with van der Waals surface area (Å²) in [6.45, 7) is 5.40. The van der Waals surface area contributed by atoms with E-state index in [0.717, 1.165) is 10.4 Å². The quantitative estimate of drug-likeness (QED) is 0.528. The van der Waals surface area contributed by atoms with E-state index in [1.807, 2.05) is 13.8 Å². The number of anilines is 2. The highest BCUT2D eigenvalue weighted by molar-refractivity contribution is 7.92. The molecule has 3 aromatic rings. The summed E-state index contributed by atoms with van der Waals surface area (Å²) in [4.78, 5) is 33.5. The number of thiophene rings is 1. The molecular formula is C19H22N4O4S2. The molecule has 0 bridgehead atoms. The molecule has 2 aromatic heterocycles. The lowest BCUT2D eigenvalue weighted by molar-refractivity contribution is -0.116. The van der Waals surface area contributed by atoms with Gasteiger partial charge in [-0.2, -0.15) is 0 Å². The van der Waals surface area contributed by atoms with Gasteiger partial charge in [0.2, 0.25) is 15.9 Å². The zero-order chi connectivity index (χ0) is 21.2. The molecule has 0 atom stereocenters. The van der Waals surface area contributed by atoms with Crippen molar-refractivity contribution in [2.45, 2.75) is 33.6 Å². The number of fused-ring (bicyclic) bond motifs is 1. The van der Waals surface area contributed by atoms with Crippen molar-refractivity contribution in [3.05, 3.63) is 50.9 Å². The molecule has 0 saturated heterocycles. The maximum absolute atomic E-state index is 12.3. The highest BCUT2D eigenvalue weighted by Gasteiger charge is 2.13. The zero-order valence-electron chi connectivity index (χ0n) is 16.3. The SMILES string of the molecule is CCS(=O)(=O)Nc1ccc(NC(=O)CCc2nc3sc(C)c(C)c3c(=O)[nH]2)cc1. The Morgan fingerprint density at radius 3 is 2.48 bits per heavy atom. The number of aromatic nitrogens is 2. The number of sulfonamides is 1. The van der Waals surface area contributed by atoms with Gasteiger partial charge in [0.05, 0.1) is 11.1 Å². The number of H-pyrrole nitrogens is 1. The average Bonchev–Trinajstić information content (AvgIpc) is 2.96. The second-order valence-corrected chi connectivity index (χ2v) is 9.82. The molecule has 0 aliphatic heterocycles. The standard InChI is InChI=1S/C19H22N4O4S2/c1-4-29(26,27)23-14-7-5-13(6-8-14)20-16(24)10-9-15-21-18(25)17-11(2)12(3)28-19(17)22-15/h5-8,23H,4,9-10H2,1-3H3,(H,20,24)(H,21,22,25). The Bertz CT molecular complexity index is 1210. The van der Waals surface area contributed by atoms with E-state index in [-0.39, 0.29) is 23.6 Å². The van der Waals surface area contributed by atoms with Crippen LogP contribution in [0, 0.1) is 13.8 Å². The first-order valence-electron chi connectivity index (χ1n) is 9.08. The monoisotopic (exact) mass is 434 g/mol. The van der Waals surface area contributed by atoms with Crippen molar-refractivity contribution in [2.24, 2.45) is 0 Å². The predicted octanol–water partition coefficient (Wildman–Crippen LogP) is 2.93. The van der Waals surface area contributed by atoms with Gasteiger partial charge in [-0.15, -0.1) is 11.3 Å². The fourth-order valence-corrected chi connectivity index (χ4v) is 4.43. The predicted molar refractivity (Wildman–Crippen MR) is 116 cm³/mol. The highest BCUT2D eigenvalue weighted by Crippen LogP contribution is 2.25. The number of amides is 1. The summed E-state index contributed by atoms with van der Waals surface area (Å²) in [6, 6.07) is 6.40. The Kier molecular flexibility index (Phi) is 6.04. The van der Waals surface area contributed by atoms with Crippen molar-refractivity contribution in [1.82, 2.24) is 9.97 Å². The van der Waals surface area contributed by atoms with Crippen LogP contribution in [0.2, 0.25) is 0 Å². The Morgan fingerprint density at radius 1 is 1.17 bits per heavy atom. The molecule has 1 aromatic carbocycles. The van der Waals surface area contributed by atoms with E-state index in [4.69, 9.17) is 0 Å². The lowest BCUT2D eigenvalue weighted by Crippen LogP contribution is -2.16. The lowest BCUT2D eigenvalue weighted by Gasteiger charge is -2.08. The second-order valence-electron chi connectivity index (χ2n) is 6.61. The Labute approximate surface area is 172 Å². The van der Waals surface area contributed by atoms with Gasteiger partial charge in [-0.05, 0) is 50.6 Å². The summed E-state index contributed by atoms with van der Waals surface area (Å²) in [5, 5.41) is 3.36. The van der Waals surface area contributed by atoms with Gasteiger partial charge < -0.3 is 10.3 Å². The van der Waals surface area contributed by atoms with Gasteiger partial charge in [0.1, 0.15) is 10.7 Å². The van der Waals surface area contributed by atoms with Crippen molar-refractivity contribution < 1.29 is 13.2 Å². The first-order chi connectivity index (χ1) is 13.7. The van der Waals surface area contributed by atoms with E-state index in [9.17, 15) is 18.0 Å². The van der Waals surface area contributed by atoms with E-state index < -0.39 is 10.0 Å². The van der Waals surface area contributed by atoms with Crippen LogP contribution in [0.5, 0.6) is 0 Å². The molecule has 3 N–H and O–H groups in total. The molecule has 154 valence electrons. The number of benzene rings is 1. The van der Waals surface area contributed by atoms with E-state index in [1.165, 1.54) is 11.3 Å². The number of hydrogen-bond donors (Lipinski definition) is 3. The van der Waals surface area contributed by atoms with Crippen molar-refractivity contribution >= 4 is 48.9 Å². The number of aromatic amines is 1. The van der Waals surface area contributed by atoms with Crippen LogP contribution in [-0.2, 0) is 21.2 Å². The minimum atomic E-state index is -3.34. The molecule has 10 heteroatoms. The molecule has 2 heterocycles. The third kappa shape index (κ3) is 5.01. The summed E-state index contributed by atoms with van der Waals surface area (Å²) in [6.07, 6.45) is 0.462. The van der Waals surface area contributed by atoms with Gasteiger partial charge in [0.25, 0.3) is 5.56 Å². The number of carbonyl (C=O) groups is 1. The first-order valence-corrected chi connectivity index (χ1v) is 11.5. The van der Waals surface area contributed by atoms with Crippen LogP contribution in [0.4, 0.5) is 11.4 Å². The maximum Gasteiger partial charge on any atom is 0.259 e. The molecule has 0 saturated carbocycles. The molecule has 0 aliphatic rings. The summed E-state index contributed by atoms with van der Waals surface area (Å²) in [7, 11) is -3.34. The van der Waals surface area contributed by atoms with E-state index in [1.54, 1.807) is 31.2 Å². The summed E-state index contributed by atoms with van der Waals surface area (Å²) >= 11 is 1.47. The molecule has 0 fully saturated rings. The maximum atomic E-state index is 12.3. The minimum absolute atomic E-state index is 0.0159. The largest absolute Gasteiger partial charge is 0.326 e. The molecular weight excluding hydrogens is 412 g/mol. The molecule has 0 aliphatic carbocycles. The van der Waals surface area contributed by atoms with Crippen molar-refractivity contribution in [3.8, 4) is 0 Å². The number of nitrogens with zero attached hydrogens (tertiary/aromatic N) is 1. The fraction of sp³-hybridized carbons (Fsp3) is 0.316. The van der Waals surface area contributed by atoms with Gasteiger partial charge in [0.15, 0.2) is 0 Å². The number of rotatable bonds is 7. The molecule has 0 spiro atoms. The van der Waals surface area contributed by atoms with Gasteiger partial charge in [-0.25, -0.2) is 13.4 Å². The normalized spacial score (nSPS) is 11.6. The Morgan fingerprint density at radius 2 is 1.83 bits per heavy atom. The molecule has 29 heavy (non-hydrogen) atoms. The number of nitrogens with one attached hydrogen (secondary N) is 3. The van der Waals surface area contributed by atoms with Crippen LogP contribution < -0.4 is 15.6 Å². The summed E-state index contributed by atoms with van der Waals surface area (Å²) < 4.78 is 25.6. The van der Waals surface area contributed by atoms with Gasteiger partial charge in [-0.3, -0.25) is 14.3 Å². The number of aryl methyl sites for hydroxylation is 3. The van der Waals surface area contributed by atoms with Crippen LogP contribution in [0.15, 0.2) is 29.1 Å². The van der Waals surface area contributed by atoms with Crippen molar-refractivity contribution in [1.29, 1.82) is 0 Å². The van der Waals surface area contributed by atoms with Crippen molar-refractivity contribution in [2.75, 3.05) is 15.8 Å². The van der Waals surface area contributed by atoms with Crippen LogP contribution in [0.25, 0.3) is 10.2 Å². The Balaban J connectivity index is 1.61. The van der Waals surface area contributed by atoms with Crippen LogP contribution in [0.1, 0.15) is 29.6 Å². The van der Waals surface area contributed by atoms with Crippen LogP contribution in [-0.4, -0.2) is 30.0 Å². The van der Waals surface area contributed by atoms with Gasteiger partial charge in [-0.1, -0.05) is 0 Å². The molecule has 0 unspecified atom stereocenters. The number of hydrogen-bond acceptors (Lipinski definition) is 6. The number of carbonyl (C=O) groups excluding carboxylic acids is 1. The average molecular weight is 435 g/mol. The molecule has 0 radical (unpaired) electrons. The second kappa shape index (κ2) is 8.34. The smallest absolute Gasteiger partial charge is 0.259 e. The lowest BCUT2D eigenvalue weighted by atomic mass is 10.2. The van der Waals surface area contributed by atoms with Gasteiger partial charge in [0, 0.05) is 29.1 Å². The molecule has 3 rings (SSSR count). The topological polar surface area (TPSA) is 121 Å². The van der Waals surface area contributed by atoms with E-state index >= 15 is 0 Å². The summed E-state index contributed by atoms with van der Waals surface area (Å²) in [5.74, 6) is 0.231. The minimum Gasteiger partial charge on any atom is -0.326 e. The van der Waals surface area contributed by atoms with E-state index in [2.05, 4.69) is 20.0 Å². The molecule has 8 nitrogen and oxygen atoms in total. The zero-order valence-corrected chi connectivity index (χ0v) is 18.0. The first kappa shape index (κ1) is 21.0. The van der Waals surface area contributed by atoms with Gasteiger partial charge >= 0.3 is 0 Å². The molecule has 1 amide bonds. The third-order valence-electron chi connectivity index (χ3n) is 4.50. The van der Waals surface area contributed by atoms with E-state index in [0.29, 0.717) is 33.8 Å². The van der Waals surface area contributed by atoms with Crippen LogP contribution in [0.3, 0.4) is 0 Å². The fourth-order valence-electron chi connectivity index (χ4n) is 2.75. The third-order valence-corrected chi connectivity index (χ3v) is 6.91. The van der Waals surface area contributed by atoms with Crippen molar-refractivity contribution in [3.63, 3.8) is 0 Å². The summed E-state index contributed by atoms with van der Waals surface area (Å²) in [5.41, 5.74) is 1.74. The Hall–Kier alpha value is -2.72. The highest BCUT2D eigenvalue weighted by atomic mass is 32.2. The van der Waals surface area contributed by atoms with Crippen LogP contribution >= 0.6 is 11.3 Å².